The van der Waals surface area contributed by atoms with E-state index in [1.54, 1.807) is 19.0 Å². The van der Waals surface area contributed by atoms with E-state index in [1.807, 2.05) is 20.8 Å². The lowest BCUT2D eigenvalue weighted by Gasteiger charge is -2.25. The largest absolute Gasteiger partial charge is 0.444 e. The minimum Gasteiger partial charge on any atom is -0.444 e. The molecule has 2 rings (SSSR count). The molecule has 0 aromatic heterocycles. The lowest BCUT2D eigenvalue weighted by Crippen LogP contribution is -2.47. The molecule has 150 valence electrons. The SMILES string of the molecule is CN=C(NCCN(C)C(=O)OC(C)(C)C)NC1CCN(C2CCCC2)C1. The van der Waals surface area contributed by atoms with E-state index < -0.39 is 5.60 Å². The monoisotopic (exact) mass is 367 g/mol. The number of ether oxygens (including phenoxy) is 1. The molecule has 0 aromatic rings. The maximum atomic E-state index is 12.0. The number of aliphatic imine (C=N–C) groups is 1. The summed E-state index contributed by atoms with van der Waals surface area (Å²) in [6.45, 7) is 9.10. The van der Waals surface area contributed by atoms with Crippen molar-refractivity contribution in [2.24, 2.45) is 4.99 Å². The van der Waals surface area contributed by atoms with Crippen molar-refractivity contribution in [3.8, 4) is 0 Å². The highest BCUT2D eigenvalue weighted by atomic mass is 16.6. The van der Waals surface area contributed by atoms with Crippen LogP contribution < -0.4 is 10.6 Å². The third-order valence-corrected chi connectivity index (χ3v) is 5.07. The van der Waals surface area contributed by atoms with E-state index in [9.17, 15) is 4.79 Å². The van der Waals surface area contributed by atoms with Crippen LogP contribution in [0.5, 0.6) is 0 Å². The number of carbonyl (C=O) groups excluding carboxylic acids is 1. The molecule has 0 aromatic carbocycles. The van der Waals surface area contributed by atoms with Crippen LogP contribution in [0, 0.1) is 0 Å². The molecule has 0 bridgehead atoms. The van der Waals surface area contributed by atoms with Gasteiger partial charge in [0.1, 0.15) is 5.60 Å². The van der Waals surface area contributed by atoms with E-state index in [2.05, 4.69) is 20.5 Å². The van der Waals surface area contributed by atoms with Crippen molar-refractivity contribution in [1.82, 2.24) is 20.4 Å². The first-order valence-electron chi connectivity index (χ1n) is 9.94. The Kier molecular flexibility index (Phi) is 7.55. The molecule has 7 heteroatoms. The van der Waals surface area contributed by atoms with Crippen LogP contribution in [0.4, 0.5) is 4.79 Å². The third-order valence-electron chi connectivity index (χ3n) is 5.07. The normalized spacial score (nSPS) is 22.5. The molecule has 1 aliphatic heterocycles. The van der Waals surface area contributed by atoms with Crippen LogP contribution in [-0.4, -0.2) is 79.8 Å². The van der Waals surface area contributed by atoms with Crippen LogP contribution in [0.15, 0.2) is 4.99 Å². The summed E-state index contributed by atoms with van der Waals surface area (Å²) in [4.78, 5) is 20.5. The molecule has 1 saturated carbocycles. The van der Waals surface area contributed by atoms with E-state index >= 15 is 0 Å². The topological polar surface area (TPSA) is 69.2 Å². The second-order valence-electron chi connectivity index (χ2n) is 8.46. The van der Waals surface area contributed by atoms with Crippen LogP contribution >= 0.6 is 0 Å². The first kappa shape index (κ1) is 20.8. The lowest BCUT2D eigenvalue weighted by atomic mass is 10.2. The van der Waals surface area contributed by atoms with Gasteiger partial charge >= 0.3 is 6.09 Å². The lowest BCUT2D eigenvalue weighted by molar-refractivity contribution is 0.0302. The number of likely N-dealkylation sites (tertiary alicyclic amines) is 1. The van der Waals surface area contributed by atoms with Gasteiger partial charge < -0.3 is 20.3 Å². The third kappa shape index (κ3) is 6.67. The fourth-order valence-electron chi connectivity index (χ4n) is 3.67. The number of guanidine groups is 1. The molecule has 1 amide bonds. The maximum Gasteiger partial charge on any atom is 0.410 e. The fraction of sp³-hybridized carbons (Fsp3) is 0.895. The van der Waals surface area contributed by atoms with Crippen molar-refractivity contribution < 1.29 is 9.53 Å². The summed E-state index contributed by atoms with van der Waals surface area (Å²) in [5.41, 5.74) is -0.468. The number of nitrogens with one attached hydrogen (secondary N) is 2. The molecule has 1 aliphatic carbocycles. The number of likely N-dealkylation sites (N-methyl/N-ethyl adjacent to an activating group) is 1. The molecule has 7 nitrogen and oxygen atoms in total. The Morgan fingerprint density at radius 3 is 2.58 bits per heavy atom. The summed E-state index contributed by atoms with van der Waals surface area (Å²) in [7, 11) is 3.54. The fourth-order valence-corrected chi connectivity index (χ4v) is 3.67. The Bertz CT molecular complexity index is 483. The Hall–Kier alpha value is -1.50. The van der Waals surface area contributed by atoms with Crippen molar-refractivity contribution in [3.05, 3.63) is 0 Å². The standard InChI is InChI=1S/C19H37N5O2/c1-19(2,3)26-18(25)23(5)13-11-21-17(20-4)22-15-10-12-24(14-15)16-8-6-7-9-16/h15-16H,6-14H2,1-5H3,(H2,20,21,22). The second-order valence-corrected chi connectivity index (χ2v) is 8.46. The van der Waals surface area contributed by atoms with E-state index in [-0.39, 0.29) is 6.09 Å². The maximum absolute atomic E-state index is 12.0. The average Bonchev–Trinajstić information content (AvgIpc) is 3.23. The number of nitrogens with zero attached hydrogens (tertiary/aromatic N) is 3. The smallest absolute Gasteiger partial charge is 0.410 e. The number of hydrogen-bond acceptors (Lipinski definition) is 4. The molecular weight excluding hydrogens is 330 g/mol. The van der Waals surface area contributed by atoms with Crippen molar-refractivity contribution in [3.63, 3.8) is 0 Å². The molecule has 1 heterocycles. The van der Waals surface area contributed by atoms with Gasteiger partial charge in [-0.25, -0.2) is 4.79 Å². The first-order chi connectivity index (χ1) is 12.3. The van der Waals surface area contributed by atoms with Gasteiger partial charge in [-0.3, -0.25) is 9.89 Å². The number of rotatable bonds is 5. The first-order valence-corrected chi connectivity index (χ1v) is 9.94. The van der Waals surface area contributed by atoms with Gasteiger partial charge in [0.05, 0.1) is 0 Å². The van der Waals surface area contributed by atoms with Crippen molar-refractivity contribution >= 4 is 12.1 Å². The molecule has 2 fully saturated rings. The van der Waals surface area contributed by atoms with Crippen molar-refractivity contribution in [2.45, 2.75) is 70.6 Å². The van der Waals surface area contributed by atoms with Gasteiger partial charge in [-0.2, -0.15) is 0 Å². The second kappa shape index (κ2) is 9.44. The summed E-state index contributed by atoms with van der Waals surface area (Å²) in [6, 6.07) is 1.24. The van der Waals surface area contributed by atoms with Gasteiger partial charge in [-0.05, 0) is 40.0 Å². The van der Waals surface area contributed by atoms with Gasteiger partial charge in [0, 0.05) is 52.4 Å². The average molecular weight is 368 g/mol. The zero-order valence-electron chi connectivity index (χ0n) is 17.2. The summed E-state index contributed by atoms with van der Waals surface area (Å²) in [6.07, 6.45) is 6.34. The van der Waals surface area contributed by atoms with Gasteiger partial charge in [-0.1, -0.05) is 12.8 Å². The van der Waals surface area contributed by atoms with Crippen LogP contribution in [0.3, 0.4) is 0 Å². The minimum atomic E-state index is -0.468. The summed E-state index contributed by atoms with van der Waals surface area (Å²) in [5, 5.41) is 6.82. The van der Waals surface area contributed by atoms with Crippen molar-refractivity contribution in [2.75, 3.05) is 40.3 Å². The van der Waals surface area contributed by atoms with E-state index in [4.69, 9.17) is 4.74 Å². The molecule has 0 spiro atoms. The molecule has 1 atom stereocenters. The van der Waals surface area contributed by atoms with Gasteiger partial charge in [0.25, 0.3) is 0 Å². The highest BCUT2D eigenvalue weighted by Crippen LogP contribution is 2.26. The highest BCUT2D eigenvalue weighted by molar-refractivity contribution is 5.80. The summed E-state index contributed by atoms with van der Waals surface area (Å²) in [5.74, 6) is 0.806. The molecule has 1 unspecified atom stereocenters. The molecule has 2 aliphatic rings. The van der Waals surface area contributed by atoms with E-state index in [0.717, 1.165) is 25.0 Å². The van der Waals surface area contributed by atoms with Crippen molar-refractivity contribution in [1.29, 1.82) is 0 Å². The summed E-state index contributed by atoms with van der Waals surface area (Å²) < 4.78 is 5.36. The van der Waals surface area contributed by atoms with Crippen LogP contribution in [0.25, 0.3) is 0 Å². The zero-order valence-corrected chi connectivity index (χ0v) is 17.2. The molecular formula is C19H37N5O2. The highest BCUT2D eigenvalue weighted by Gasteiger charge is 2.30. The number of carbonyl (C=O) groups is 1. The van der Waals surface area contributed by atoms with Gasteiger partial charge in [0.2, 0.25) is 0 Å². The minimum absolute atomic E-state index is 0.301. The Morgan fingerprint density at radius 1 is 1.27 bits per heavy atom. The molecule has 2 N–H and O–H groups in total. The van der Waals surface area contributed by atoms with Gasteiger partial charge in [-0.15, -0.1) is 0 Å². The van der Waals surface area contributed by atoms with E-state index in [1.165, 1.54) is 32.2 Å². The zero-order chi connectivity index (χ0) is 19.2. The van der Waals surface area contributed by atoms with Crippen LogP contribution in [0.2, 0.25) is 0 Å². The Labute approximate surface area is 158 Å². The molecule has 26 heavy (non-hydrogen) atoms. The quantitative estimate of drug-likeness (QED) is 0.575. The number of hydrogen-bond donors (Lipinski definition) is 2. The van der Waals surface area contributed by atoms with Crippen LogP contribution in [0.1, 0.15) is 52.9 Å². The van der Waals surface area contributed by atoms with Crippen LogP contribution in [-0.2, 0) is 4.74 Å². The predicted octanol–water partition coefficient (Wildman–Crippen LogP) is 2.04. The molecule has 1 saturated heterocycles. The van der Waals surface area contributed by atoms with E-state index in [0.29, 0.717) is 19.1 Å². The van der Waals surface area contributed by atoms with Gasteiger partial charge in [0.15, 0.2) is 5.96 Å². The molecule has 0 radical (unpaired) electrons. The summed E-state index contributed by atoms with van der Waals surface area (Å²) >= 11 is 0. The Balaban J connectivity index is 1.67. The number of amides is 1. The predicted molar refractivity (Wildman–Crippen MR) is 106 cm³/mol. The Morgan fingerprint density at radius 2 is 1.96 bits per heavy atom.